The first-order valence-electron chi connectivity index (χ1n) is 6.76. The Balaban J connectivity index is 2.21. The minimum atomic E-state index is -3.67. The van der Waals surface area contributed by atoms with E-state index in [1.165, 1.54) is 17.0 Å². The maximum absolute atomic E-state index is 12.3. The fourth-order valence-corrected chi connectivity index (χ4v) is 4.20. The third kappa shape index (κ3) is 3.66. The molecule has 1 amide bonds. The number of anilines is 1. The van der Waals surface area contributed by atoms with Crippen molar-refractivity contribution < 1.29 is 13.2 Å². The number of nitrogens with one attached hydrogen (secondary N) is 1. The number of nitrogens with zero attached hydrogens (tertiary/aromatic N) is 1. The molecule has 7 heteroatoms. The Kier molecular flexibility index (Phi) is 4.87. The molecular formula is C15H18N2O3S2. The fourth-order valence-electron chi connectivity index (χ4n) is 1.81. The standard InChI is InChI=1S/C15H18N2O3S2/c1-4-11-5-7-12(8-6-11)16-22(19,20)14-10-9-13(21-14)15(18)17(2)3/h5-10,16H,4H2,1-3H3. The van der Waals surface area contributed by atoms with E-state index in [2.05, 4.69) is 4.72 Å². The highest BCUT2D eigenvalue weighted by Crippen LogP contribution is 2.25. The first-order chi connectivity index (χ1) is 10.3. The van der Waals surface area contributed by atoms with Crippen LogP contribution >= 0.6 is 11.3 Å². The summed E-state index contributed by atoms with van der Waals surface area (Å²) < 4.78 is 27.3. The van der Waals surface area contributed by atoms with Crippen LogP contribution in [0.5, 0.6) is 0 Å². The lowest BCUT2D eigenvalue weighted by Crippen LogP contribution is -2.20. The van der Waals surface area contributed by atoms with Crippen molar-refractivity contribution in [3.63, 3.8) is 0 Å². The molecule has 0 radical (unpaired) electrons. The minimum absolute atomic E-state index is 0.122. The summed E-state index contributed by atoms with van der Waals surface area (Å²) in [6, 6.07) is 10.2. The van der Waals surface area contributed by atoms with Gasteiger partial charge in [0.25, 0.3) is 15.9 Å². The number of carbonyl (C=O) groups is 1. The Morgan fingerprint density at radius 1 is 1.14 bits per heavy atom. The van der Waals surface area contributed by atoms with E-state index in [1.54, 1.807) is 26.2 Å². The van der Waals surface area contributed by atoms with Crippen LogP contribution in [0.2, 0.25) is 0 Å². The molecule has 22 heavy (non-hydrogen) atoms. The third-order valence-corrected chi connectivity index (χ3v) is 6.02. The van der Waals surface area contributed by atoms with Crippen molar-refractivity contribution in [2.75, 3.05) is 18.8 Å². The van der Waals surface area contributed by atoms with Gasteiger partial charge in [-0.25, -0.2) is 8.42 Å². The molecule has 2 rings (SSSR count). The van der Waals surface area contributed by atoms with E-state index >= 15 is 0 Å². The Hall–Kier alpha value is -1.86. The van der Waals surface area contributed by atoms with Crippen molar-refractivity contribution in [3.05, 3.63) is 46.8 Å². The number of sulfonamides is 1. The van der Waals surface area contributed by atoms with Crippen LogP contribution in [-0.4, -0.2) is 33.3 Å². The largest absolute Gasteiger partial charge is 0.344 e. The second-order valence-corrected chi connectivity index (χ2v) is 7.97. The Labute approximate surface area is 134 Å². The van der Waals surface area contributed by atoms with Crippen LogP contribution in [0, 0.1) is 0 Å². The Morgan fingerprint density at radius 2 is 1.77 bits per heavy atom. The first-order valence-corrected chi connectivity index (χ1v) is 9.06. The fraction of sp³-hybridized carbons (Fsp3) is 0.267. The van der Waals surface area contributed by atoms with Gasteiger partial charge in [-0.15, -0.1) is 11.3 Å². The normalized spacial score (nSPS) is 11.2. The predicted octanol–water partition coefficient (Wildman–Crippen LogP) is 2.81. The van der Waals surface area contributed by atoms with Gasteiger partial charge in [0.1, 0.15) is 4.21 Å². The van der Waals surface area contributed by atoms with Crippen LogP contribution in [0.4, 0.5) is 5.69 Å². The van der Waals surface area contributed by atoms with Crippen molar-refractivity contribution in [1.29, 1.82) is 0 Å². The molecule has 0 atom stereocenters. The molecule has 0 aliphatic heterocycles. The van der Waals surface area contributed by atoms with Gasteiger partial charge in [-0.1, -0.05) is 19.1 Å². The van der Waals surface area contributed by atoms with Gasteiger partial charge in [0.05, 0.1) is 4.88 Å². The van der Waals surface area contributed by atoms with Crippen LogP contribution < -0.4 is 4.72 Å². The average Bonchev–Trinajstić information content (AvgIpc) is 2.97. The van der Waals surface area contributed by atoms with Gasteiger partial charge in [0.2, 0.25) is 0 Å². The summed E-state index contributed by atoms with van der Waals surface area (Å²) in [5.41, 5.74) is 1.64. The Bertz CT molecular complexity index is 762. The average molecular weight is 338 g/mol. The van der Waals surface area contributed by atoms with E-state index in [0.29, 0.717) is 10.6 Å². The predicted molar refractivity (Wildman–Crippen MR) is 89.0 cm³/mol. The number of hydrogen-bond acceptors (Lipinski definition) is 4. The molecular weight excluding hydrogens is 320 g/mol. The molecule has 0 spiro atoms. The SMILES string of the molecule is CCc1ccc(NS(=O)(=O)c2ccc(C(=O)N(C)C)s2)cc1. The van der Waals surface area contributed by atoms with Gasteiger partial charge in [0, 0.05) is 19.8 Å². The zero-order chi connectivity index (χ0) is 16.3. The second-order valence-electron chi connectivity index (χ2n) is 4.97. The highest BCUT2D eigenvalue weighted by Gasteiger charge is 2.20. The van der Waals surface area contributed by atoms with Crippen molar-refractivity contribution in [3.8, 4) is 0 Å². The Morgan fingerprint density at radius 3 is 2.32 bits per heavy atom. The lowest BCUT2D eigenvalue weighted by atomic mass is 10.2. The number of thiophene rings is 1. The number of aryl methyl sites for hydroxylation is 1. The number of carbonyl (C=O) groups excluding carboxylic acids is 1. The first kappa shape index (κ1) is 16.5. The summed E-state index contributed by atoms with van der Waals surface area (Å²) >= 11 is 0.961. The van der Waals surface area contributed by atoms with Gasteiger partial charge in [0.15, 0.2) is 0 Å². The molecule has 5 nitrogen and oxygen atoms in total. The van der Waals surface area contributed by atoms with E-state index in [9.17, 15) is 13.2 Å². The molecule has 0 aliphatic rings. The number of hydrogen-bond donors (Lipinski definition) is 1. The number of rotatable bonds is 5. The molecule has 0 fully saturated rings. The van der Waals surface area contributed by atoms with E-state index in [4.69, 9.17) is 0 Å². The molecule has 1 aromatic heterocycles. The van der Waals surface area contributed by atoms with Crippen LogP contribution in [0.1, 0.15) is 22.2 Å². The topological polar surface area (TPSA) is 66.5 Å². The molecule has 2 aromatic rings. The number of amides is 1. The van der Waals surface area contributed by atoms with Gasteiger partial charge in [-0.3, -0.25) is 9.52 Å². The highest BCUT2D eigenvalue weighted by molar-refractivity contribution is 7.94. The van der Waals surface area contributed by atoms with Gasteiger partial charge in [-0.2, -0.15) is 0 Å². The maximum Gasteiger partial charge on any atom is 0.271 e. The smallest absolute Gasteiger partial charge is 0.271 e. The van der Waals surface area contributed by atoms with Gasteiger partial charge in [-0.05, 0) is 36.2 Å². The highest BCUT2D eigenvalue weighted by atomic mass is 32.2. The van der Waals surface area contributed by atoms with E-state index in [0.717, 1.165) is 23.3 Å². The van der Waals surface area contributed by atoms with Crippen LogP contribution in [0.15, 0.2) is 40.6 Å². The molecule has 0 saturated carbocycles. The molecule has 0 unspecified atom stereocenters. The minimum Gasteiger partial charge on any atom is -0.344 e. The van der Waals surface area contributed by atoms with Gasteiger partial charge < -0.3 is 4.90 Å². The van der Waals surface area contributed by atoms with Gasteiger partial charge >= 0.3 is 0 Å². The maximum atomic E-state index is 12.3. The monoisotopic (exact) mass is 338 g/mol. The van der Waals surface area contributed by atoms with E-state index in [-0.39, 0.29) is 10.1 Å². The molecule has 1 heterocycles. The lowest BCUT2D eigenvalue weighted by molar-refractivity contribution is 0.0832. The van der Waals surface area contributed by atoms with E-state index < -0.39 is 10.0 Å². The molecule has 0 aliphatic carbocycles. The molecule has 1 N–H and O–H groups in total. The van der Waals surface area contributed by atoms with Crippen LogP contribution in [0.3, 0.4) is 0 Å². The summed E-state index contributed by atoms with van der Waals surface area (Å²) in [4.78, 5) is 13.6. The second kappa shape index (κ2) is 6.50. The summed E-state index contributed by atoms with van der Waals surface area (Å²) in [5, 5.41) is 0. The van der Waals surface area contributed by atoms with Crippen molar-refractivity contribution in [2.45, 2.75) is 17.6 Å². The molecule has 0 saturated heterocycles. The summed E-state index contributed by atoms with van der Waals surface area (Å²) in [6.45, 7) is 2.04. The van der Waals surface area contributed by atoms with Crippen LogP contribution in [0.25, 0.3) is 0 Å². The lowest BCUT2D eigenvalue weighted by Gasteiger charge is -2.08. The van der Waals surface area contributed by atoms with Crippen molar-refractivity contribution in [1.82, 2.24) is 4.90 Å². The zero-order valence-corrected chi connectivity index (χ0v) is 14.3. The summed E-state index contributed by atoms with van der Waals surface area (Å²) in [6.07, 6.45) is 0.897. The molecule has 1 aromatic carbocycles. The number of benzene rings is 1. The van der Waals surface area contributed by atoms with Crippen LogP contribution in [-0.2, 0) is 16.4 Å². The van der Waals surface area contributed by atoms with Crippen molar-refractivity contribution in [2.24, 2.45) is 0 Å². The summed E-state index contributed by atoms with van der Waals surface area (Å²) in [7, 11) is -0.416. The third-order valence-electron chi connectivity index (χ3n) is 3.08. The molecule has 118 valence electrons. The van der Waals surface area contributed by atoms with Crippen molar-refractivity contribution >= 4 is 33.0 Å². The quantitative estimate of drug-likeness (QED) is 0.911. The van der Waals surface area contributed by atoms with E-state index in [1.807, 2.05) is 19.1 Å². The summed E-state index contributed by atoms with van der Waals surface area (Å²) in [5.74, 6) is -0.209. The molecule has 0 bridgehead atoms. The zero-order valence-electron chi connectivity index (χ0n) is 12.7.